The quantitative estimate of drug-likeness (QED) is 0.886. The van der Waals surface area contributed by atoms with E-state index < -0.39 is 11.5 Å². The third kappa shape index (κ3) is 3.54. The van der Waals surface area contributed by atoms with Crippen molar-refractivity contribution < 1.29 is 14.6 Å². The van der Waals surface area contributed by atoms with Crippen molar-refractivity contribution in [3.63, 3.8) is 0 Å². The number of aromatic nitrogens is 1. The number of hydrogen-bond acceptors (Lipinski definition) is 4. The second-order valence-corrected chi connectivity index (χ2v) is 5.77. The number of halogens is 3. The summed E-state index contributed by atoms with van der Waals surface area (Å²) in [5.41, 5.74) is -0.979. The van der Waals surface area contributed by atoms with E-state index in [0.717, 1.165) is 0 Å². The van der Waals surface area contributed by atoms with E-state index in [0.29, 0.717) is 26.1 Å². The molecule has 20 heavy (non-hydrogen) atoms. The highest BCUT2D eigenvalue weighted by atomic mass is 35.5. The van der Waals surface area contributed by atoms with Gasteiger partial charge in [0.1, 0.15) is 5.69 Å². The molecule has 0 atom stereocenters. The molecule has 1 amide bonds. The lowest BCUT2D eigenvalue weighted by Crippen LogP contribution is -2.46. The molecule has 1 saturated heterocycles. The van der Waals surface area contributed by atoms with Gasteiger partial charge in [0.2, 0.25) is 0 Å². The van der Waals surface area contributed by atoms with Crippen LogP contribution in [0.25, 0.3) is 0 Å². The van der Waals surface area contributed by atoms with E-state index in [4.69, 9.17) is 39.5 Å². The molecular weight excluding hydrogens is 327 g/mol. The van der Waals surface area contributed by atoms with Crippen LogP contribution >= 0.6 is 34.8 Å². The molecule has 0 aliphatic carbocycles. The summed E-state index contributed by atoms with van der Waals surface area (Å²) in [6.07, 6.45) is 2.19. The highest BCUT2D eigenvalue weighted by molar-refractivity contribution is 6.48. The van der Waals surface area contributed by atoms with Gasteiger partial charge in [0.05, 0.1) is 20.7 Å². The molecule has 0 saturated carbocycles. The molecule has 8 heteroatoms. The van der Waals surface area contributed by atoms with E-state index in [1.54, 1.807) is 0 Å². The lowest BCUT2D eigenvalue weighted by Gasteiger charge is -2.32. The lowest BCUT2D eigenvalue weighted by molar-refractivity contribution is -0.0605. The molecule has 0 aromatic carbocycles. The van der Waals surface area contributed by atoms with Crippen LogP contribution in [0.2, 0.25) is 15.1 Å². The minimum absolute atomic E-state index is 0.00404. The van der Waals surface area contributed by atoms with E-state index in [9.17, 15) is 9.90 Å². The first-order chi connectivity index (χ1) is 9.43. The maximum absolute atomic E-state index is 12.0. The zero-order chi connectivity index (χ0) is 14.8. The van der Waals surface area contributed by atoms with Crippen molar-refractivity contribution in [2.75, 3.05) is 19.8 Å². The summed E-state index contributed by atoms with van der Waals surface area (Å²) in [6.45, 7) is 1.05. The van der Waals surface area contributed by atoms with Crippen molar-refractivity contribution in [1.82, 2.24) is 10.3 Å². The average molecular weight is 340 g/mol. The normalized spacial score (nSPS) is 17.8. The maximum Gasteiger partial charge on any atom is 0.271 e. The highest BCUT2D eigenvalue weighted by Gasteiger charge is 2.30. The number of amides is 1. The number of aliphatic hydroxyl groups is 1. The van der Waals surface area contributed by atoms with Crippen LogP contribution in [0.15, 0.2) is 6.20 Å². The number of carbonyl (C=O) groups is 1. The van der Waals surface area contributed by atoms with Crippen LogP contribution in [0.3, 0.4) is 0 Å². The molecule has 110 valence electrons. The van der Waals surface area contributed by atoms with Gasteiger partial charge in [-0.1, -0.05) is 34.8 Å². The van der Waals surface area contributed by atoms with Gasteiger partial charge in [-0.05, 0) is 0 Å². The Bertz CT molecular complexity index is 519. The van der Waals surface area contributed by atoms with Gasteiger partial charge in [-0.15, -0.1) is 0 Å². The van der Waals surface area contributed by atoms with E-state index in [2.05, 4.69) is 10.3 Å². The highest BCUT2D eigenvalue weighted by Crippen LogP contribution is 2.31. The smallest absolute Gasteiger partial charge is 0.271 e. The zero-order valence-corrected chi connectivity index (χ0v) is 12.7. The number of nitrogens with zero attached hydrogens (tertiary/aromatic N) is 1. The molecule has 1 aromatic rings. The van der Waals surface area contributed by atoms with Crippen molar-refractivity contribution in [3.8, 4) is 0 Å². The Kier molecular flexibility index (Phi) is 5.09. The van der Waals surface area contributed by atoms with Gasteiger partial charge in [-0.25, -0.2) is 4.98 Å². The van der Waals surface area contributed by atoms with Gasteiger partial charge in [0.25, 0.3) is 5.91 Å². The summed E-state index contributed by atoms with van der Waals surface area (Å²) in [5.74, 6) is -0.506. The fourth-order valence-corrected chi connectivity index (χ4v) is 2.42. The number of rotatable bonds is 3. The van der Waals surface area contributed by atoms with E-state index in [1.807, 2.05) is 0 Å². The van der Waals surface area contributed by atoms with Gasteiger partial charge in [-0.2, -0.15) is 0 Å². The minimum atomic E-state index is -0.962. The third-order valence-corrected chi connectivity index (χ3v) is 4.37. The molecule has 2 N–H and O–H groups in total. The van der Waals surface area contributed by atoms with Crippen molar-refractivity contribution in [1.29, 1.82) is 0 Å². The van der Waals surface area contributed by atoms with E-state index in [1.165, 1.54) is 6.20 Å². The molecule has 0 bridgehead atoms. The molecule has 0 unspecified atom stereocenters. The minimum Gasteiger partial charge on any atom is -0.388 e. The SMILES string of the molecule is O=C(NCC1(O)CCOCC1)c1ncc(Cl)c(Cl)c1Cl. The van der Waals surface area contributed by atoms with Crippen molar-refractivity contribution >= 4 is 40.7 Å². The second kappa shape index (κ2) is 6.45. The van der Waals surface area contributed by atoms with Gasteiger partial charge in [0.15, 0.2) is 0 Å². The summed E-state index contributed by atoms with van der Waals surface area (Å²) >= 11 is 17.5. The van der Waals surface area contributed by atoms with Gasteiger partial charge < -0.3 is 15.2 Å². The topological polar surface area (TPSA) is 71.5 Å². The van der Waals surface area contributed by atoms with Crippen LogP contribution < -0.4 is 5.32 Å². The molecule has 1 aromatic heterocycles. The van der Waals surface area contributed by atoms with E-state index in [-0.39, 0.29) is 27.3 Å². The van der Waals surface area contributed by atoms with Crippen LogP contribution in [0.4, 0.5) is 0 Å². The predicted molar refractivity (Wildman–Crippen MR) is 76.6 cm³/mol. The molecule has 5 nitrogen and oxygen atoms in total. The fraction of sp³-hybridized carbons (Fsp3) is 0.500. The molecule has 1 aliphatic heterocycles. The largest absolute Gasteiger partial charge is 0.388 e. The average Bonchev–Trinajstić information content (AvgIpc) is 2.43. The van der Waals surface area contributed by atoms with Crippen LogP contribution in [0, 0.1) is 0 Å². The Morgan fingerprint density at radius 1 is 1.35 bits per heavy atom. The summed E-state index contributed by atoms with van der Waals surface area (Å²) < 4.78 is 5.17. The van der Waals surface area contributed by atoms with E-state index >= 15 is 0 Å². The Labute approximate surface area is 131 Å². The number of nitrogens with one attached hydrogen (secondary N) is 1. The summed E-state index contributed by atoms with van der Waals surface area (Å²) in [5, 5.41) is 13.1. The molecule has 0 radical (unpaired) electrons. The second-order valence-electron chi connectivity index (χ2n) is 4.60. The number of pyridine rings is 1. The van der Waals surface area contributed by atoms with Crippen molar-refractivity contribution in [2.24, 2.45) is 0 Å². The number of carbonyl (C=O) groups excluding carboxylic acids is 1. The lowest BCUT2D eigenvalue weighted by atomic mass is 9.94. The predicted octanol–water partition coefficient (Wildman–Crippen LogP) is 2.31. The number of hydrogen-bond donors (Lipinski definition) is 2. The molecule has 0 spiro atoms. The monoisotopic (exact) mass is 338 g/mol. The Hall–Kier alpha value is -0.590. The number of ether oxygens (including phenoxy) is 1. The zero-order valence-electron chi connectivity index (χ0n) is 10.5. The summed E-state index contributed by atoms with van der Waals surface area (Å²) in [6, 6.07) is 0. The third-order valence-electron chi connectivity index (χ3n) is 3.13. The molecule has 2 rings (SSSR count). The Balaban J connectivity index is 2.03. The van der Waals surface area contributed by atoms with Gasteiger partial charge >= 0.3 is 0 Å². The van der Waals surface area contributed by atoms with Gasteiger partial charge in [0, 0.05) is 38.8 Å². The Morgan fingerprint density at radius 2 is 2.00 bits per heavy atom. The molecular formula is C12H13Cl3N2O3. The first-order valence-electron chi connectivity index (χ1n) is 6.01. The molecule has 2 heterocycles. The van der Waals surface area contributed by atoms with Crippen LogP contribution in [0.5, 0.6) is 0 Å². The summed E-state index contributed by atoms with van der Waals surface area (Å²) in [7, 11) is 0. The first kappa shape index (κ1) is 15.8. The van der Waals surface area contributed by atoms with Crippen LogP contribution in [-0.4, -0.2) is 41.4 Å². The van der Waals surface area contributed by atoms with Crippen LogP contribution in [0.1, 0.15) is 23.3 Å². The summed E-state index contributed by atoms with van der Waals surface area (Å²) in [4.78, 5) is 15.9. The van der Waals surface area contributed by atoms with Crippen LogP contribution in [-0.2, 0) is 4.74 Å². The van der Waals surface area contributed by atoms with Crippen molar-refractivity contribution in [3.05, 3.63) is 27.0 Å². The fourth-order valence-electron chi connectivity index (χ4n) is 1.86. The van der Waals surface area contributed by atoms with Gasteiger partial charge in [-0.3, -0.25) is 4.79 Å². The Morgan fingerprint density at radius 3 is 2.65 bits per heavy atom. The maximum atomic E-state index is 12.0. The molecule has 1 fully saturated rings. The standard InChI is InChI=1S/C12H13Cl3N2O3/c13-7-5-16-10(9(15)8(7)14)11(18)17-6-12(19)1-3-20-4-2-12/h5,19H,1-4,6H2,(H,17,18). The molecule has 1 aliphatic rings. The first-order valence-corrected chi connectivity index (χ1v) is 7.14. The van der Waals surface area contributed by atoms with Crippen molar-refractivity contribution in [2.45, 2.75) is 18.4 Å².